The quantitative estimate of drug-likeness (QED) is 0.646. The molecule has 1 heterocycles. The highest BCUT2D eigenvalue weighted by Crippen LogP contribution is 2.48. The van der Waals surface area contributed by atoms with E-state index in [1.807, 2.05) is 0 Å². The minimum atomic E-state index is -0.402. The number of carbonyl (C=O) groups is 1. The monoisotopic (exact) mass is 261 g/mol. The maximum absolute atomic E-state index is 11.3. The van der Waals surface area contributed by atoms with Gasteiger partial charge in [0.05, 0.1) is 11.3 Å². The Kier molecular flexibility index (Phi) is 2.32. The number of nitrogens with zero attached hydrogens (tertiary/aromatic N) is 1. The second kappa shape index (κ2) is 3.69. The van der Waals surface area contributed by atoms with Gasteiger partial charge >= 0.3 is 0 Å². The number of hydrogen-bond acceptors (Lipinski definition) is 4. The molecular formula is C13H15N3O3. The van der Waals surface area contributed by atoms with Gasteiger partial charge in [0.2, 0.25) is 5.91 Å². The summed E-state index contributed by atoms with van der Waals surface area (Å²) in [6.07, 6.45) is 1.21. The van der Waals surface area contributed by atoms with Crippen LogP contribution in [0.25, 0.3) is 0 Å². The lowest BCUT2D eigenvalue weighted by Crippen LogP contribution is -2.10. The van der Waals surface area contributed by atoms with Crippen LogP contribution < -0.4 is 10.6 Å². The molecule has 1 fully saturated rings. The number of fused-ring (bicyclic) bond motifs is 1. The average Bonchev–Trinajstić information content (AvgIpc) is 2.73. The van der Waals surface area contributed by atoms with Crippen LogP contribution in [0.4, 0.5) is 17.1 Å². The molecule has 2 aliphatic rings. The maximum atomic E-state index is 11.3. The molecule has 1 saturated carbocycles. The zero-order valence-electron chi connectivity index (χ0n) is 10.8. The van der Waals surface area contributed by atoms with Gasteiger partial charge in [0.25, 0.3) is 5.69 Å². The SMILES string of the molecule is CC1(C)CC1Nc1cc2c(cc1[N+](=O)[O-])CC(=O)N2. The van der Waals surface area contributed by atoms with Gasteiger partial charge in [-0.05, 0) is 23.5 Å². The molecule has 1 unspecified atom stereocenters. The van der Waals surface area contributed by atoms with Crippen LogP contribution >= 0.6 is 0 Å². The zero-order chi connectivity index (χ0) is 13.8. The highest BCUT2D eigenvalue weighted by Gasteiger charge is 2.46. The van der Waals surface area contributed by atoms with Crippen molar-refractivity contribution in [3.05, 3.63) is 27.8 Å². The molecule has 1 atom stereocenters. The molecule has 1 aliphatic heterocycles. The number of carbonyl (C=O) groups excluding carboxylic acids is 1. The fraction of sp³-hybridized carbons (Fsp3) is 0.462. The highest BCUT2D eigenvalue weighted by molar-refractivity contribution is 6.00. The molecule has 100 valence electrons. The lowest BCUT2D eigenvalue weighted by Gasteiger charge is -2.10. The Morgan fingerprint density at radius 1 is 1.47 bits per heavy atom. The molecule has 0 spiro atoms. The minimum Gasteiger partial charge on any atom is -0.376 e. The molecular weight excluding hydrogens is 246 g/mol. The molecule has 0 bridgehead atoms. The Labute approximate surface area is 110 Å². The van der Waals surface area contributed by atoms with Crippen molar-refractivity contribution >= 4 is 23.0 Å². The Balaban J connectivity index is 1.96. The van der Waals surface area contributed by atoms with Gasteiger partial charge in [0.15, 0.2) is 0 Å². The molecule has 0 saturated heterocycles. The van der Waals surface area contributed by atoms with Crippen LogP contribution in [-0.4, -0.2) is 16.9 Å². The van der Waals surface area contributed by atoms with Gasteiger partial charge in [-0.1, -0.05) is 13.8 Å². The largest absolute Gasteiger partial charge is 0.376 e. The molecule has 1 aliphatic carbocycles. The Morgan fingerprint density at radius 2 is 2.16 bits per heavy atom. The third-order valence-electron chi connectivity index (χ3n) is 3.89. The first-order valence-corrected chi connectivity index (χ1v) is 6.24. The van der Waals surface area contributed by atoms with E-state index in [4.69, 9.17) is 0 Å². The molecule has 6 heteroatoms. The van der Waals surface area contributed by atoms with E-state index in [0.29, 0.717) is 16.9 Å². The molecule has 2 N–H and O–H groups in total. The maximum Gasteiger partial charge on any atom is 0.292 e. The standard InChI is InChI=1S/C13H15N3O3/c1-13(2)6-11(13)14-9-5-8-7(4-12(17)15-8)3-10(9)16(18)19/h3,5,11,14H,4,6H2,1-2H3,(H,15,17). The molecule has 1 aromatic rings. The van der Waals surface area contributed by atoms with Gasteiger partial charge in [-0.2, -0.15) is 0 Å². The van der Waals surface area contributed by atoms with Crippen LogP contribution in [0.1, 0.15) is 25.8 Å². The van der Waals surface area contributed by atoms with Crippen molar-refractivity contribution in [3.63, 3.8) is 0 Å². The summed E-state index contributed by atoms with van der Waals surface area (Å²) in [5, 5.41) is 17.1. The third kappa shape index (κ3) is 2.03. The van der Waals surface area contributed by atoms with Crippen molar-refractivity contribution in [2.75, 3.05) is 10.6 Å². The predicted octanol–water partition coefficient (Wildman–Crippen LogP) is 2.30. The van der Waals surface area contributed by atoms with Gasteiger partial charge in [-0.3, -0.25) is 14.9 Å². The van der Waals surface area contributed by atoms with Crippen molar-refractivity contribution in [2.45, 2.75) is 32.7 Å². The zero-order valence-corrected chi connectivity index (χ0v) is 10.8. The van der Waals surface area contributed by atoms with Gasteiger partial charge in [-0.15, -0.1) is 0 Å². The van der Waals surface area contributed by atoms with Crippen LogP contribution in [-0.2, 0) is 11.2 Å². The third-order valence-corrected chi connectivity index (χ3v) is 3.89. The van der Waals surface area contributed by atoms with Crippen LogP contribution in [0.5, 0.6) is 0 Å². The number of amides is 1. The molecule has 19 heavy (non-hydrogen) atoms. The Hall–Kier alpha value is -2.11. The Morgan fingerprint density at radius 3 is 2.74 bits per heavy atom. The van der Waals surface area contributed by atoms with E-state index in [2.05, 4.69) is 24.5 Å². The van der Waals surface area contributed by atoms with E-state index in [9.17, 15) is 14.9 Å². The summed E-state index contributed by atoms with van der Waals surface area (Å²) < 4.78 is 0. The normalized spacial score (nSPS) is 22.6. The summed E-state index contributed by atoms with van der Waals surface area (Å²) in [5.41, 5.74) is 2.07. The minimum absolute atomic E-state index is 0.0398. The summed E-state index contributed by atoms with van der Waals surface area (Å²) >= 11 is 0. The molecule has 1 aromatic carbocycles. The smallest absolute Gasteiger partial charge is 0.292 e. The summed E-state index contributed by atoms with van der Waals surface area (Å²) in [6, 6.07) is 3.42. The van der Waals surface area contributed by atoms with Crippen molar-refractivity contribution in [3.8, 4) is 0 Å². The number of anilines is 2. The molecule has 0 aromatic heterocycles. The number of nitrogens with one attached hydrogen (secondary N) is 2. The Bertz CT molecular complexity index is 595. The summed E-state index contributed by atoms with van der Waals surface area (Å²) in [7, 11) is 0. The number of hydrogen-bond donors (Lipinski definition) is 2. The van der Waals surface area contributed by atoms with Gasteiger partial charge in [-0.25, -0.2) is 0 Å². The van der Waals surface area contributed by atoms with E-state index >= 15 is 0 Å². The van der Waals surface area contributed by atoms with Gasteiger partial charge in [0, 0.05) is 17.8 Å². The lowest BCUT2D eigenvalue weighted by atomic mass is 10.1. The van der Waals surface area contributed by atoms with Crippen molar-refractivity contribution in [1.82, 2.24) is 0 Å². The molecule has 0 radical (unpaired) electrons. The van der Waals surface area contributed by atoms with Crippen LogP contribution in [0.2, 0.25) is 0 Å². The summed E-state index contributed by atoms with van der Waals surface area (Å²) in [5.74, 6) is -0.117. The predicted molar refractivity (Wildman–Crippen MR) is 71.2 cm³/mol. The first kappa shape index (κ1) is 12.0. The van der Waals surface area contributed by atoms with Gasteiger partial charge < -0.3 is 10.6 Å². The van der Waals surface area contributed by atoms with Crippen LogP contribution in [0, 0.1) is 15.5 Å². The van der Waals surface area contributed by atoms with E-state index in [-0.39, 0.29) is 29.5 Å². The summed E-state index contributed by atoms with van der Waals surface area (Å²) in [6.45, 7) is 4.23. The lowest BCUT2D eigenvalue weighted by molar-refractivity contribution is -0.384. The van der Waals surface area contributed by atoms with Crippen LogP contribution in [0.3, 0.4) is 0 Å². The van der Waals surface area contributed by atoms with Crippen LogP contribution in [0.15, 0.2) is 12.1 Å². The number of nitro benzene ring substituents is 1. The van der Waals surface area contributed by atoms with Crippen molar-refractivity contribution < 1.29 is 9.72 Å². The second-order valence-electron chi connectivity index (χ2n) is 5.90. The number of rotatable bonds is 3. The average molecular weight is 261 g/mol. The second-order valence-corrected chi connectivity index (χ2v) is 5.90. The fourth-order valence-electron chi connectivity index (χ4n) is 2.43. The summed E-state index contributed by atoms with van der Waals surface area (Å²) in [4.78, 5) is 22.1. The van der Waals surface area contributed by atoms with Gasteiger partial charge in [0.1, 0.15) is 5.69 Å². The molecule has 3 rings (SSSR count). The molecule has 1 amide bonds. The van der Waals surface area contributed by atoms with E-state index in [1.165, 1.54) is 6.07 Å². The van der Waals surface area contributed by atoms with E-state index in [0.717, 1.165) is 6.42 Å². The number of nitro groups is 1. The first-order valence-electron chi connectivity index (χ1n) is 6.24. The molecule has 6 nitrogen and oxygen atoms in total. The highest BCUT2D eigenvalue weighted by atomic mass is 16.6. The van der Waals surface area contributed by atoms with E-state index < -0.39 is 4.92 Å². The first-order chi connectivity index (χ1) is 8.87. The number of benzene rings is 1. The topological polar surface area (TPSA) is 84.3 Å². The van der Waals surface area contributed by atoms with Crippen molar-refractivity contribution in [1.29, 1.82) is 0 Å². The van der Waals surface area contributed by atoms with E-state index in [1.54, 1.807) is 6.07 Å². The van der Waals surface area contributed by atoms with Crippen molar-refractivity contribution in [2.24, 2.45) is 5.41 Å². The fourth-order valence-corrected chi connectivity index (χ4v) is 2.43.